The predicted molar refractivity (Wildman–Crippen MR) is 104 cm³/mol. The van der Waals surface area contributed by atoms with Gasteiger partial charge in [-0.05, 0) is 49.6 Å². The number of carbonyl (C=O) groups is 1. The highest BCUT2D eigenvalue weighted by molar-refractivity contribution is 5.96. The van der Waals surface area contributed by atoms with Gasteiger partial charge in [-0.15, -0.1) is 0 Å². The monoisotopic (exact) mass is 369 g/mol. The van der Waals surface area contributed by atoms with Gasteiger partial charge in [0.05, 0.1) is 18.3 Å². The van der Waals surface area contributed by atoms with Crippen molar-refractivity contribution in [2.75, 3.05) is 26.9 Å². The first-order valence-corrected chi connectivity index (χ1v) is 9.48. The summed E-state index contributed by atoms with van der Waals surface area (Å²) in [6.07, 6.45) is 2.20. The maximum Gasteiger partial charge on any atom is 0.257 e. The van der Waals surface area contributed by atoms with Crippen LogP contribution in [0.4, 0.5) is 0 Å². The number of para-hydroxylation sites is 1. The molecule has 0 N–H and O–H groups in total. The molecular weight excluding hydrogens is 342 g/mol. The third-order valence-electron chi connectivity index (χ3n) is 4.57. The summed E-state index contributed by atoms with van der Waals surface area (Å²) in [6, 6.07) is 15.2. The van der Waals surface area contributed by atoms with E-state index >= 15 is 0 Å². The molecule has 0 bridgehead atoms. The second-order valence-corrected chi connectivity index (χ2v) is 6.68. The first-order valence-electron chi connectivity index (χ1n) is 9.48. The standard InChI is InChI=1S/C22H27NO4/c1-3-25-18-12-10-17(11-13-18)15-23(2)22(24)20-8-4-5-9-21(20)27-16-19-7-6-14-26-19/h4-5,8-13,19H,3,6-7,14-16H2,1-2H3. The first kappa shape index (κ1) is 19.2. The molecule has 1 aliphatic rings. The van der Waals surface area contributed by atoms with E-state index < -0.39 is 0 Å². The van der Waals surface area contributed by atoms with Gasteiger partial charge in [0, 0.05) is 20.2 Å². The van der Waals surface area contributed by atoms with Gasteiger partial charge in [-0.2, -0.15) is 0 Å². The van der Waals surface area contributed by atoms with E-state index in [9.17, 15) is 4.79 Å². The van der Waals surface area contributed by atoms with Crippen LogP contribution in [0.2, 0.25) is 0 Å². The lowest BCUT2D eigenvalue weighted by atomic mass is 10.1. The van der Waals surface area contributed by atoms with Crippen LogP contribution < -0.4 is 9.47 Å². The molecule has 1 atom stereocenters. The van der Waals surface area contributed by atoms with Crippen LogP contribution in [0.15, 0.2) is 48.5 Å². The number of hydrogen-bond acceptors (Lipinski definition) is 4. The fourth-order valence-corrected chi connectivity index (χ4v) is 3.14. The summed E-state index contributed by atoms with van der Waals surface area (Å²) in [6.45, 7) is 4.39. The topological polar surface area (TPSA) is 48.0 Å². The summed E-state index contributed by atoms with van der Waals surface area (Å²) >= 11 is 0. The van der Waals surface area contributed by atoms with E-state index in [2.05, 4.69) is 0 Å². The van der Waals surface area contributed by atoms with Crippen molar-refractivity contribution in [2.45, 2.75) is 32.4 Å². The third kappa shape index (κ3) is 5.23. The molecule has 0 saturated carbocycles. The summed E-state index contributed by atoms with van der Waals surface area (Å²) in [5.41, 5.74) is 1.62. The Labute approximate surface area is 160 Å². The summed E-state index contributed by atoms with van der Waals surface area (Å²) in [5, 5.41) is 0. The van der Waals surface area contributed by atoms with Crippen molar-refractivity contribution in [3.05, 3.63) is 59.7 Å². The molecular formula is C22H27NO4. The average molecular weight is 369 g/mol. The van der Waals surface area contributed by atoms with E-state index in [1.165, 1.54) is 0 Å². The zero-order chi connectivity index (χ0) is 19.1. The van der Waals surface area contributed by atoms with Crippen molar-refractivity contribution < 1.29 is 19.0 Å². The van der Waals surface area contributed by atoms with Crippen LogP contribution in [0.25, 0.3) is 0 Å². The van der Waals surface area contributed by atoms with Gasteiger partial charge < -0.3 is 19.1 Å². The van der Waals surface area contributed by atoms with Crippen LogP contribution in [0.1, 0.15) is 35.7 Å². The number of nitrogens with zero attached hydrogens (tertiary/aromatic N) is 1. The second-order valence-electron chi connectivity index (χ2n) is 6.68. The van der Waals surface area contributed by atoms with Crippen LogP contribution in [0.5, 0.6) is 11.5 Å². The summed E-state index contributed by atoms with van der Waals surface area (Å²) in [5.74, 6) is 1.38. The highest BCUT2D eigenvalue weighted by Gasteiger charge is 2.20. The lowest BCUT2D eigenvalue weighted by Crippen LogP contribution is -2.27. The van der Waals surface area contributed by atoms with Gasteiger partial charge in [-0.1, -0.05) is 24.3 Å². The van der Waals surface area contributed by atoms with Crippen molar-refractivity contribution in [1.29, 1.82) is 0 Å². The van der Waals surface area contributed by atoms with Crippen LogP contribution in [-0.4, -0.2) is 43.8 Å². The minimum absolute atomic E-state index is 0.0631. The normalized spacial score (nSPS) is 16.1. The Balaban J connectivity index is 1.63. The van der Waals surface area contributed by atoms with Gasteiger partial charge in [-0.25, -0.2) is 0 Å². The molecule has 1 aliphatic heterocycles. The molecule has 5 nitrogen and oxygen atoms in total. The van der Waals surface area contributed by atoms with Crippen LogP contribution >= 0.6 is 0 Å². The quantitative estimate of drug-likeness (QED) is 0.708. The van der Waals surface area contributed by atoms with Crippen molar-refractivity contribution in [3.8, 4) is 11.5 Å². The Bertz CT molecular complexity index is 738. The van der Waals surface area contributed by atoms with E-state index in [4.69, 9.17) is 14.2 Å². The van der Waals surface area contributed by atoms with Gasteiger partial charge in [0.25, 0.3) is 5.91 Å². The molecule has 1 unspecified atom stereocenters. The number of carbonyl (C=O) groups excluding carboxylic acids is 1. The molecule has 1 fully saturated rings. The lowest BCUT2D eigenvalue weighted by molar-refractivity contribution is 0.0656. The Hall–Kier alpha value is -2.53. The Kier molecular flexibility index (Phi) is 6.71. The Morgan fingerprint density at radius 1 is 1.15 bits per heavy atom. The SMILES string of the molecule is CCOc1ccc(CN(C)C(=O)c2ccccc2OCC2CCCO2)cc1. The van der Waals surface area contributed by atoms with Crippen LogP contribution in [0, 0.1) is 0 Å². The van der Waals surface area contributed by atoms with Crippen molar-refractivity contribution in [2.24, 2.45) is 0 Å². The van der Waals surface area contributed by atoms with Crippen LogP contribution in [-0.2, 0) is 11.3 Å². The van der Waals surface area contributed by atoms with Crippen molar-refractivity contribution in [1.82, 2.24) is 4.90 Å². The molecule has 27 heavy (non-hydrogen) atoms. The molecule has 0 aliphatic carbocycles. The minimum Gasteiger partial charge on any atom is -0.494 e. The second kappa shape index (κ2) is 9.42. The first-order chi connectivity index (χ1) is 13.2. The molecule has 1 heterocycles. The molecule has 3 rings (SSSR count). The summed E-state index contributed by atoms with van der Waals surface area (Å²) < 4.78 is 17.0. The smallest absolute Gasteiger partial charge is 0.257 e. The molecule has 1 amide bonds. The molecule has 0 radical (unpaired) electrons. The molecule has 144 valence electrons. The van der Waals surface area contributed by atoms with E-state index in [1.807, 2.05) is 55.5 Å². The maximum absolute atomic E-state index is 12.9. The lowest BCUT2D eigenvalue weighted by Gasteiger charge is -2.20. The van der Waals surface area contributed by atoms with Crippen LogP contribution in [0.3, 0.4) is 0 Å². The summed E-state index contributed by atoms with van der Waals surface area (Å²) in [7, 11) is 1.80. The number of ether oxygens (including phenoxy) is 3. The van der Waals surface area contributed by atoms with Gasteiger partial charge in [0.15, 0.2) is 0 Å². The Morgan fingerprint density at radius 2 is 1.93 bits per heavy atom. The van der Waals surface area contributed by atoms with Crippen molar-refractivity contribution >= 4 is 5.91 Å². The van der Waals surface area contributed by atoms with E-state index in [-0.39, 0.29) is 12.0 Å². The zero-order valence-electron chi connectivity index (χ0n) is 16.0. The van der Waals surface area contributed by atoms with E-state index in [1.54, 1.807) is 11.9 Å². The fraction of sp³-hybridized carbons (Fsp3) is 0.409. The molecule has 2 aromatic carbocycles. The molecule has 1 saturated heterocycles. The van der Waals surface area contributed by atoms with Gasteiger partial charge >= 0.3 is 0 Å². The molecule has 5 heteroatoms. The zero-order valence-corrected chi connectivity index (χ0v) is 16.0. The van der Waals surface area contributed by atoms with E-state index in [0.717, 1.165) is 30.8 Å². The number of benzene rings is 2. The molecule has 0 spiro atoms. The number of hydrogen-bond donors (Lipinski definition) is 0. The van der Waals surface area contributed by atoms with E-state index in [0.29, 0.717) is 31.1 Å². The van der Waals surface area contributed by atoms with Crippen molar-refractivity contribution in [3.63, 3.8) is 0 Å². The summed E-state index contributed by atoms with van der Waals surface area (Å²) in [4.78, 5) is 14.6. The Morgan fingerprint density at radius 3 is 2.63 bits per heavy atom. The third-order valence-corrected chi connectivity index (χ3v) is 4.57. The largest absolute Gasteiger partial charge is 0.494 e. The highest BCUT2D eigenvalue weighted by atomic mass is 16.5. The molecule has 2 aromatic rings. The molecule has 0 aromatic heterocycles. The van der Waals surface area contributed by atoms with Gasteiger partial charge in [-0.3, -0.25) is 4.79 Å². The highest BCUT2D eigenvalue weighted by Crippen LogP contribution is 2.22. The van der Waals surface area contributed by atoms with Gasteiger partial charge in [0.1, 0.15) is 18.1 Å². The van der Waals surface area contributed by atoms with Gasteiger partial charge in [0.2, 0.25) is 0 Å². The average Bonchev–Trinajstić information content (AvgIpc) is 3.21. The minimum atomic E-state index is -0.0631. The fourth-order valence-electron chi connectivity index (χ4n) is 3.14. The predicted octanol–water partition coefficient (Wildman–Crippen LogP) is 3.92. The number of rotatable bonds is 8. The maximum atomic E-state index is 12.9. The number of amides is 1.